The monoisotopic (exact) mass is 366 g/mol. The molecule has 27 heavy (non-hydrogen) atoms. The Balaban J connectivity index is 1.65. The molecule has 0 saturated heterocycles. The number of hydrogen-bond acceptors (Lipinski definition) is 4. The molecule has 0 amide bonds. The molecular formula is C22H19FO4. The van der Waals surface area contributed by atoms with Gasteiger partial charge >= 0.3 is 5.97 Å². The van der Waals surface area contributed by atoms with E-state index in [4.69, 9.17) is 14.2 Å². The van der Waals surface area contributed by atoms with Crippen molar-refractivity contribution in [1.82, 2.24) is 0 Å². The summed E-state index contributed by atoms with van der Waals surface area (Å²) in [6.07, 6.45) is 0. The number of carbonyl (C=O) groups is 1. The molecule has 0 saturated carbocycles. The largest absolute Gasteiger partial charge is 0.494 e. The van der Waals surface area contributed by atoms with Gasteiger partial charge in [0.05, 0.1) is 7.11 Å². The van der Waals surface area contributed by atoms with E-state index in [2.05, 4.69) is 0 Å². The van der Waals surface area contributed by atoms with Gasteiger partial charge in [0.15, 0.2) is 11.6 Å². The Bertz CT molecular complexity index is 909. The van der Waals surface area contributed by atoms with E-state index >= 15 is 0 Å². The van der Waals surface area contributed by atoms with Crippen molar-refractivity contribution in [1.29, 1.82) is 0 Å². The predicted octanol–water partition coefficient (Wildman–Crippen LogP) is 4.77. The Hall–Kier alpha value is -3.34. The fourth-order valence-corrected chi connectivity index (χ4v) is 2.52. The molecule has 0 unspecified atom stereocenters. The summed E-state index contributed by atoms with van der Waals surface area (Å²) in [6, 6.07) is 21.0. The summed E-state index contributed by atoms with van der Waals surface area (Å²) in [5.41, 5.74) is 1.85. The zero-order valence-electron chi connectivity index (χ0n) is 14.9. The molecule has 3 aromatic rings. The van der Waals surface area contributed by atoms with Crippen LogP contribution >= 0.6 is 0 Å². The SMILES string of the molecule is COc1ccc(COC(=O)c2ccccc2OCc2ccccc2)cc1F. The second-order valence-corrected chi connectivity index (χ2v) is 5.82. The molecule has 138 valence electrons. The molecule has 0 heterocycles. The van der Waals surface area contributed by atoms with Gasteiger partial charge in [-0.1, -0.05) is 48.5 Å². The lowest BCUT2D eigenvalue weighted by molar-refractivity contribution is 0.0467. The van der Waals surface area contributed by atoms with Crippen LogP contribution in [0.5, 0.6) is 11.5 Å². The molecule has 0 aliphatic rings. The Labute approximate surface area is 157 Å². The van der Waals surface area contributed by atoms with E-state index in [0.717, 1.165) is 5.56 Å². The van der Waals surface area contributed by atoms with Crippen molar-refractivity contribution < 1.29 is 23.4 Å². The summed E-state index contributed by atoms with van der Waals surface area (Å²) in [5, 5.41) is 0. The number of carbonyl (C=O) groups excluding carboxylic acids is 1. The van der Waals surface area contributed by atoms with Gasteiger partial charge in [0, 0.05) is 0 Å². The van der Waals surface area contributed by atoms with Crippen molar-refractivity contribution in [3.63, 3.8) is 0 Å². The fraction of sp³-hybridized carbons (Fsp3) is 0.136. The van der Waals surface area contributed by atoms with Gasteiger partial charge in [0.25, 0.3) is 0 Å². The number of halogens is 1. The van der Waals surface area contributed by atoms with E-state index in [1.807, 2.05) is 30.3 Å². The first kappa shape index (κ1) is 18.5. The van der Waals surface area contributed by atoms with Crippen LogP contribution in [0, 0.1) is 5.82 Å². The highest BCUT2D eigenvalue weighted by Crippen LogP contribution is 2.22. The van der Waals surface area contributed by atoms with E-state index in [1.165, 1.54) is 19.2 Å². The third kappa shape index (κ3) is 4.85. The van der Waals surface area contributed by atoms with Gasteiger partial charge < -0.3 is 14.2 Å². The molecule has 0 atom stereocenters. The van der Waals surface area contributed by atoms with Crippen LogP contribution in [0.1, 0.15) is 21.5 Å². The lowest BCUT2D eigenvalue weighted by Gasteiger charge is -2.12. The van der Waals surface area contributed by atoms with Crippen molar-refractivity contribution >= 4 is 5.97 Å². The van der Waals surface area contributed by atoms with E-state index in [-0.39, 0.29) is 12.4 Å². The molecular weight excluding hydrogens is 347 g/mol. The Morgan fingerprint density at radius 3 is 2.33 bits per heavy atom. The van der Waals surface area contributed by atoms with Crippen LogP contribution in [0.4, 0.5) is 4.39 Å². The van der Waals surface area contributed by atoms with Crippen LogP contribution in [0.2, 0.25) is 0 Å². The maximum atomic E-state index is 13.7. The van der Waals surface area contributed by atoms with Crippen LogP contribution in [-0.4, -0.2) is 13.1 Å². The van der Waals surface area contributed by atoms with Crippen LogP contribution < -0.4 is 9.47 Å². The Morgan fingerprint density at radius 1 is 0.852 bits per heavy atom. The van der Waals surface area contributed by atoms with Gasteiger partial charge in [-0.25, -0.2) is 9.18 Å². The van der Waals surface area contributed by atoms with Crippen molar-refractivity contribution in [2.75, 3.05) is 7.11 Å². The maximum absolute atomic E-state index is 13.7. The number of esters is 1. The smallest absolute Gasteiger partial charge is 0.342 e. The molecule has 0 spiro atoms. The standard InChI is InChI=1S/C22H19FO4/c1-25-21-12-11-17(13-19(21)23)15-27-22(24)18-9-5-6-10-20(18)26-14-16-7-3-2-4-8-16/h2-13H,14-15H2,1H3. The summed E-state index contributed by atoms with van der Waals surface area (Å²) in [5.74, 6) is -0.454. The van der Waals surface area contributed by atoms with Gasteiger partial charge in [-0.15, -0.1) is 0 Å². The van der Waals surface area contributed by atoms with Gasteiger partial charge in [-0.05, 0) is 35.4 Å². The highest BCUT2D eigenvalue weighted by Gasteiger charge is 2.14. The molecule has 0 aliphatic carbocycles. The summed E-state index contributed by atoms with van der Waals surface area (Å²) in [6.45, 7) is 0.293. The normalized spacial score (nSPS) is 10.3. The average Bonchev–Trinajstić information content (AvgIpc) is 2.71. The first-order chi connectivity index (χ1) is 13.2. The average molecular weight is 366 g/mol. The number of hydrogen-bond donors (Lipinski definition) is 0. The molecule has 0 radical (unpaired) electrons. The highest BCUT2D eigenvalue weighted by molar-refractivity contribution is 5.92. The molecule has 0 aliphatic heterocycles. The minimum absolute atomic E-state index is 0.0488. The van der Waals surface area contributed by atoms with Crippen molar-refractivity contribution in [2.24, 2.45) is 0 Å². The Morgan fingerprint density at radius 2 is 1.59 bits per heavy atom. The second-order valence-electron chi connectivity index (χ2n) is 5.82. The Kier molecular flexibility index (Phi) is 6.05. The lowest BCUT2D eigenvalue weighted by atomic mass is 10.2. The van der Waals surface area contributed by atoms with Crippen LogP contribution in [0.25, 0.3) is 0 Å². The highest BCUT2D eigenvalue weighted by atomic mass is 19.1. The summed E-state index contributed by atoms with van der Waals surface area (Å²) < 4.78 is 29.7. The zero-order chi connectivity index (χ0) is 19.1. The van der Waals surface area contributed by atoms with E-state index in [1.54, 1.807) is 30.3 Å². The van der Waals surface area contributed by atoms with Crippen molar-refractivity contribution in [2.45, 2.75) is 13.2 Å². The maximum Gasteiger partial charge on any atom is 0.342 e. The molecule has 3 aromatic carbocycles. The van der Waals surface area contributed by atoms with E-state index in [9.17, 15) is 9.18 Å². The molecule has 0 aromatic heterocycles. The van der Waals surface area contributed by atoms with Crippen molar-refractivity contribution in [3.05, 3.63) is 95.3 Å². The minimum atomic E-state index is -0.533. The van der Waals surface area contributed by atoms with Gasteiger partial charge in [-0.3, -0.25) is 0 Å². The first-order valence-electron chi connectivity index (χ1n) is 8.42. The first-order valence-corrected chi connectivity index (χ1v) is 8.42. The number of para-hydroxylation sites is 1. The minimum Gasteiger partial charge on any atom is -0.494 e. The third-order valence-corrected chi connectivity index (χ3v) is 3.93. The van der Waals surface area contributed by atoms with Gasteiger partial charge in [0.1, 0.15) is 24.5 Å². The van der Waals surface area contributed by atoms with Crippen LogP contribution in [0.15, 0.2) is 72.8 Å². The van der Waals surface area contributed by atoms with Crippen molar-refractivity contribution in [3.8, 4) is 11.5 Å². The second kappa shape index (κ2) is 8.85. The molecule has 0 fully saturated rings. The van der Waals surface area contributed by atoms with Gasteiger partial charge in [0.2, 0.25) is 0 Å². The number of ether oxygens (including phenoxy) is 3. The summed E-state index contributed by atoms with van der Waals surface area (Å²) in [4.78, 5) is 12.4. The molecule has 0 bridgehead atoms. The van der Waals surface area contributed by atoms with Crippen LogP contribution in [-0.2, 0) is 18.0 Å². The summed E-state index contributed by atoms with van der Waals surface area (Å²) >= 11 is 0. The van der Waals surface area contributed by atoms with E-state index < -0.39 is 11.8 Å². The third-order valence-electron chi connectivity index (χ3n) is 3.93. The van der Waals surface area contributed by atoms with Gasteiger partial charge in [-0.2, -0.15) is 0 Å². The summed E-state index contributed by atoms with van der Waals surface area (Å²) in [7, 11) is 1.39. The molecule has 5 heteroatoms. The molecule has 0 N–H and O–H groups in total. The van der Waals surface area contributed by atoms with Crippen LogP contribution in [0.3, 0.4) is 0 Å². The number of rotatable bonds is 7. The topological polar surface area (TPSA) is 44.8 Å². The molecule has 3 rings (SSSR count). The predicted molar refractivity (Wildman–Crippen MR) is 99.3 cm³/mol. The fourth-order valence-electron chi connectivity index (χ4n) is 2.52. The van der Waals surface area contributed by atoms with E-state index in [0.29, 0.717) is 23.5 Å². The number of benzene rings is 3. The quantitative estimate of drug-likeness (QED) is 0.565. The lowest BCUT2D eigenvalue weighted by Crippen LogP contribution is -2.08. The zero-order valence-corrected chi connectivity index (χ0v) is 14.9. The number of methoxy groups -OCH3 is 1. The molecule has 4 nitrogen and oxygen atoms in total.